The molecule has 0 heterocycles. The van der Waals surface area contributed by atoms with Gasteiger partial charge in [0.05, 0.1) is 17.3 Å². The van der Waals surface area contributed by atoms with Crippen LogP contribution >= 0.6 is 11.6 Å². The molecule has 0 bridgehead atoms. The molecule has 1 aromatic carbocycles. The Bertz CT molecular complexity index is 369. The van der Waals surface area contributed by atoms with E-state index in [4.69, 9.17) is 22.1 Å². The molecule has 2 N–H and O–H groups in total. The second kappa shape index (κ2) is 7.62. The maximum atomic E-state index is 6.33. The van der Waals surface area contributed by atoms with Crippen LogP contribution in [0, 0.1) is 5.92 Å². The molecule has 0 aliphatic rings. The zero-order valence-electron chi connectivity index (χ0n) is 11.4. The number of nitrogens with zero attached hydrogens (tertiary/aromatic N) is 1. The van der Waals surface area contributed by atoms with Crippen LogP contribution in [0.1, 0.15) is 19.4 Å². The molecule has 0 unspecified atom stereocenters. The van der Waals surface area contributed by atoms with E-state index in [1.165, 1.54) is 0 Å². The number of halogens is 1. The third-order valence-corrected chi connectivity index (χ3v) is 3.04. The molecule has 0 aliphatic carbocycles. The summed E-state index contributed by atoms with van der Waals surface area (Å²) in [5, 5.41) is 0.759. The Labute approximate surface area is 115 Å². The number of nitrogens with two attached hydrogens (primary N) is 1. The molecular formula is C14H23ClN2O. The van der Waals surface area contributed by atoms with Crippen LogP contribution in [-0.4, -0.2) is 26.8 Å². The molecule has 0 saturated carbocycles. The van der Waals surface area contributed by atoms with E-state index in [1.807, 2.05) is 18.2 Å². The molecule has 0 aliphatic heterocycles. The van der Waals surface area contributed by atoms with Crippen molar-refractivity contribution >= 4 is 17.3 Å². The Morgan fingerprint density at radius 2 is 2.11 bits per heavy atom. The highest BCUT2D eigenvalue weighted by molar-refractivity contribution is 6.33. The lowest BCUT2D eigenvalue weighted by molar-refractivity contribution is 0.204. The third kappa shape index (κ3) is 4.48. The minimum absolute atomic E-state index is 0.516. The maximum Gasteiger partial charge on any atom is 0.0642 e. The Morgan fingerprint density at radius 3 is 2.61 bits per heavy atom. The third-order valence-electron chi connectivity index (χ3n) is 2.74. The van der Waals surface area contributed by atoms with E-state index in [0.717, 1.165) is 29.4 Å². The van der Waals surface area contributed by atoms with E-state index in [9.17, 15) is 0 Å². The summed E-state index contributed by atoms with van der Waals surface area (Å²) in [7, 11) is 1.71. The quantitative estimate of drug-likeness (QED) is 0.828. The van der Waals surface area contributed by atoms with Gasteiger partial charge in [-0.25, -0.2) is 0 Å². The predicted octanol–water partition coefficient (Wildman–Crippen LogP) is 2.91. The molecule has 18 heavy (non-hydrogen) atoms. The molecule has 1 aromatic rings. The Balaban J connectivity index is 2.89. The zero-order valence-corrected chi connectivity index (χ0v) is 12.2. The number of benzene rings is 1. The van der Waals surface area contributed by atoms with Crippen LogP contribution in [0.4, 0.5) is 5.69 Å². The molecular weight excluding hydrogens is 248 g/mol. The van der Waals surface area contributed by atoms with Gasteiger partial charge in [0.2, 0.25) is 0 Å². The SMILES string of the molecule is COCCN(CC(C)C)c1ccc(CN)cc1Cl. The van der Waals surface area contributed by atoms with Crippen molar-refractivity contribution in [1.82, 2.24) is 0 Å². The Hall–Kier alpha value is -0.770. The summed E-state index contributed by atoms with van der Waals surface area (Å²) in [6.45, 7) is 7.41. The van der Waals surface area contributed by atoms with E-state index in [1.54, 1.807) is 7.11 Å². The highest BCUT2D eigenvalue weighted by Gasteiger charge is 2.12. The fraction of sp³-hybridized carbons (Fsp3) is 0.571. The van der Waals surface area contributed by atoms with E-state index >= 15 is 0 Å². The minimum atomic E-state index is 0.516. The first kappa shape index (κ1) is 15.3. The number of rotatable bonds is 7. The largest absolute Gasteiger partial charge is 0.383 e. The number of methoxy groups -OCH3 is 1. The smallest absolute Gasteiger partial charge is 0.0642 e. The standard InChI is InChI=1S/C14H23ClN2O/c1-11(2)10-17(6-7-18-3)14-5-4-12(9-16)8-13(14)15/h4-5,8,11H,6-7,9-10,16H2,1-3H3. The van der Waals surface area contributed by atoms with Crippen molar-refractivity contribution < 1.29 is 4.74 Å². The van der Waals surface area contributed by atoms with Gasteiger partial charge in [-0.3, -0.25) is 0 Å². The Kier molecular flexibility index (Phi) is 6.47. The first-order chi connectivity index (χ1) is 8.58. The monoisotopic (exact) mass is 270 g/mol. The van der Waals surface area contributed by atoms with Crippen molar-refractivity contribution in [1.29, 1.82) is 0 Å². The van der Waals surface area contributed by atoms with Crippen molar-refractivity contribution in [3.63, 3.8) is 0 Å². The number of hydrogen-bond acceptors (Lipinski definition) is 3. The topological polar surface area (TPSA) is 38.5 Å². The van der Waals surface area contributed by atoms with Crippen molar-refractivity contribution in [2.24, 2.45) is 11.7 Å². The van der Waals surface area contributed by atoms with Crippen molar-refractivity contribution in [2.45, 2.75) is 20.4 Å². The molecule has 0 aromatic heterocycles. The first-order valence-electron chi connectivity index (χ1n) is 6.30. The van der Waals surface area contributed by atoms with Crippen LogP contribution in [0.3, 0.4) is 0 Å². The van der Waals surface area contributed by atoms with Gasteiger partial charge in [0.1, 0.15) is 0 Å². The van der Waals surface area contributed by atoms with Gasteiger partial charge in [-0.05, 0) is 23.6 Å². The minimum Gasteiger partial charge on any atom is -0.383 e. The van der Waals surface area contributed by atoms with E-state index in [0.29, 0.717) is 19.1 Å². The summed E-state index contributed by atoms with van der Waals surface area (Å²) in [6.07, 6.45) is 0. The molecule has 0 saturated heterocycles. The lowest BCUT2D eigenvalue weighted by Crippen LogP contribution is -2.31. The van der Waals surface area contributed by atoms with E-state index in [-0.39, 0.29) is 0 Å². The second-order valence-corrected chi connectivity index (χ2v) is 5.23. The first-order valence-corrected chi connectivity index (χ1v) is 6.68. The average molecular weight is 271 g/mol. The number of hydrogen-bond donors (Lipinski definition) is 1. The summed E-state index contributed by atoms with van der Waals surface area (Å²) >= 11 is 6.33. The molecule has 1 rings (SSSR count). The molecule has 0 radical (unpaired) electrons. The van der Waals surface area contributed by atoms with Gasteiger partial charge in [-0.15, -0.1) is 0 Å². The Morgan fingerprint density at radius 1 is 1.39 bits per heavy atom. The number of anilines is 1. The summed E-state index contributed by atoms with van der Waals surface area (Å²) in [5.74, 6) is 0.576. The van der Waals surface area contributed by atoms with E-state index in [2.05, 4.69) is 18.7 Å². The van der Waals surface area contributed by atoms with Crippen LogP contribution in [0.15, 0.2) is 18.2 Å². The van der Waals surface area contributed by atoms with Gasteiger partial charge in [-0.2, -0.15) is 0 Å². The summed E-state index contributed by atoms with van der Waals surface area (Å²) in [6, 6.07) is 6.01. The molecule has 3 nitrogen and oxygen atoms in total. The summed E-state index contributed by atoms with van der Waals surface area (Å²) < 4.78 is 5.16. The normalized spacial score (nSPS) is 11.0. The van der Waals surface area contributed by atoms with Gasteiger partial charge >= 0.3 is 0 Å². The fourth-order valence-corrected chi connectivity index (χ4v) is 2.21. The van der Waals surface area contributed by atoms with Crippen LogP contribution in [0.5, 0.6) is 0 Å². The van der Waals surface area contributed by atoms with Gasteiger partial charge in [0.15, 0.2) is 0 Å². The summed E-state index contributed by atoms with van der Waals surface area (Å²) in [5.41, 5.74) is 7.72. The van der Waals surface area contributed by atoms with Crippen molar-refractivity contribution in [2.75, 3.05) is 31.7 Å². The molecule has 0 amide bonds. The lowest BCUT2D eigenvalue weighted by Gasteiger charge is -2.27. The second-order valence-electron chi connectivity index (χ2n) is 4.82. The van der Waals surface area contributed by atoms with Gasteiger partial charge in [0, 0.05) is 26.7 Å². The highest BCUT2D eigenvalue weighted by Crippen LogP contribution is 2.27. The average Bonchev–Trinajstić information content (AvgIpc) is 2.34. The molecule has 0 atom stereocenters. The molecule has 4 heteroatoms. The van der Waals surface area contributed by atoms with Crippen LogP contribution < -0.4 is 10.6 Å². The highest BCUT2D eigenvalue weighted by atomic mass is 35.5. The van der Waals surface area contributed by atoms with Crippen molar-refractivity contribution in [3.8, 4) is 0 Å². The van der Waals surface area contributed by atoms with Crippen LogP contribution in [0.2, 0.25) is 5.02 Å². The van der Waals surface area contributed by atoms with Crippen molar-refractivity contribution in [3.05, 3.63) is 28.8 Å². The summed E-state index contributed by atoms with van der Waals surface area (Å²) in [4.78, 5) is 2.26. The van der Waals surface area contributed by atoms with Crippen LogP contribution in [0.25, 0.3) is 0 Å². The number of ether oxygens (including phenoxy) is 1. The predicted molar refractivity (Wildman–Crippen MR) is 78.3 cm³/mol. The maximum absolute atomic E-state index is 6.33. The molecule has 0 spiro atoms. The van der Waals surface area contributed by atoms with Gasteiger partial charge < -0.3 is 15.4 Å². The van der Waals surface area contributed by atoms with Crippen LogP contribution in [-0.2, 0) is 11.3 Å². The van der Waals surface area contributed by atoms with Gasteiger partial charge in [-0.1, -0.05) is 31.5 Å². The molecule has 102 valence electrons. The fourth-order valence-electron chi connectivity index (χ4n) is 1.89. The van der Waals surface area contributed by atoms with Gasteiger partial charge in [0.25, 0.3) is 0 Å². The molecule has 0 fully saturated rings. The van der Waals surface area contributed by atoms with E-state index < -0.39 is 0 Å². The zero-order chi connectivity index (χ0) is 13.5. The lowest BCUT2D eigenvalue weighted by atomic mass is 10.1.